The van der Waals surface area contributed by atoms with E-state index >= 15 is 0 Å². The van der Waals surface area contributed by atoms with Crippen molar-refractivity contribution >= 4 is 68.4 Å². The Morgan fingerprint density at radius 3 is 2.18 bits per heavy atom. The normalized spacial score (nSPS) is 14.6. The van der Waals surface area contributed by atoms with Gasteiger partial charge in [-0.05, 0) is 98.2 Å². The van der Waals surface area contributed by atoms with Crippen molar-refractivity contribution in [2.24, 2.45) is 0 Å². The average molecular weight is 838 g/mol. The van der Waals surface area contributed by atoms with Crippen LogP contribution in [0.1, 0.15) is 101 Å². The lowest BCUT2D eigenvalue weighted by Crippen LogP contribution is -2.52. The van der Waals surface area contributed by atoms with Crippen LogP contribution in [-0.4, -0.2) is 53.7 Å². The van der Waals surface area contributed by atoms with Crippen molar-refractivity contribution in [2.45, 2.75) is 104 Å². The van der Waals surface area contributed by atoms with Gasteiger partial charge in [0, 0.05) is 15.7 Å². The fourth-order valence-electron chi connectivity index (χ4n) is 6.14. The molecule has 13 heteroatoms. The summed E-state index contributed by atoms with van der Waals surface area (Å²) in [5.74, 6) is -1.91. The molecule has 55 heavy (non-hydrogen) atoms. The summed E-state index contributed by atoms with van der Waals surface area (Å²) in [5, 5.41) is 8.03. The topological polar surface area (TPSA) is 143 Å². The van der Waals surface area contributed by atoms with E-state index in [9.17, 15) is 24.0 Å². The number of halogens is 2. The summed E-state index contributed by atoms with van der Waals surface area (Å²) in [6, 6.07) is 13.8. The maximum Gasteiger partial charge on any atom is 0.330 e. The number of anilines is 2. The molecular weight excluding hydrogens is 788 g/mol. The Hall–Kier alpha value is -4.68. The van der Waals surface area contributed by atoms with Crippen LogP contribution in [-0.2, 0) is 27.2 Å². The molecule has 294 valence electrons. The van der Waals surface area contributed by atoms with Crippen molar-refractivity contribution in [1.82, 2.24) is 10.2 Å². The molecule has 0 aliphatic carbocycles. The van der Waals surface area contributed by atoms with Crippen LogP contribution in [0, 0.1) is 0 Å². The molecule has 4 rings (SSSR count). The Morgan fingerprint density at radius 2 is 1.55 bits per heavy atom. The highest BCUT2D eigenvalue weighted by atomic mass is 79.9. The van der Waals surface area contributed by atoms with E-state index in [-0.39, 0.29) is 22.0 Å². The maximum atomic E-state index is 14.0. The van der Waals surface area contributed by atoms with Crippen molar-refractivity contribution in [3.8, 4) is 11.5 Å². The number of unbranched alkanes of at least 4 members (excludes halogenated alkanes) is 4. The van der Waals surface area contributed by atoms with E-state index in [0.717, 1.165) is 50.5 Å². The molecule has 0 radical (unpaired) electrons. The van der Waals surface area contributed by atoms with Gasteiger partial charge in [0.15, 0.2) is 17.9 Å². The molecular formula is C42H50BrClN4O7. The maximum absolute atomic E-state index is 14.0. The van der Waals surface area contributed by atoms with E-state index in [4.69, 9.17) is 21.1 Å². The van der Waals surface area contributed by atoms with Crippen molar-refractivity contribution in [1.29, 1.82) is 0 Å². The molecule has 3 N–H and O–H groups in total. The number of urea groups is 1. The fraction of sp³-hybridized carbons (Fsp3) is 0.405. The molecule has 1 aliphatic rings. The van der Waals surface area contributed by atoms with Crippen LogP contribution < -0.4 is 25.4 Å². The lowest BCUT2D eigenvalue weighted by Gasteiger charge is -2.24. The number of carbonyl (C=O) groups excluding carboxylic acids is 5. The first kappa shape index (κ1) is 43.1. The first-order valence-electron chi connectivity index (χ1n) is 18.9. The zero-order valence-corrected chi connectivity index (χ0v) is 34.4. The molecule has 1 saturated heterocycles. The quantitative estimate of drug-likeness (QED) is 0.0338. The predicted octanol–water partition coefficient (Wildman–Crippen LogP) is 9.37. The minimum absolute atomic E-state index is 0.0420. The average Bonchev–Trinajstić information content (AvgIpc) is 3.48. The van der Waals surface area contributed by atoms with Gasteiger partial charge in [-0.2, -0.15) is 0 Å². The minimum Gasteiger partial charge on any atom is -0.497 e. The number of imide groups is 1. The fourth-order valence-corrected chi connectivity index (χ4v) is 6.57. The number of nitrogens with zero attached hydrogens (tertiary/aromatic N) is 1. The molecule has 3 aromatic rings. The van der Waals surface area contributed by atoms with Gasteiger partial charge in [-0.3, -0.25) is 19.2 Å². The number of carbonyl (C=O) groups is 5. The number of rotatable bonds is 20. The summed E-state index contributed by atoms with van der Waals surface area (Å²) in [7, 11) is 1.47. The molecule has 1 aliphatic heterocycles. The number of amides is 5. The second-order valence-electron chi connectivity index (χ2n) is 13.3. The highest BCUT2D eigenvalue weighted by Crippen LogP contribution is 2.30. The number of allylic oxidation sites excluding steroid dienone is 1. The van der Waals surface area contributed by atoms with Crippen molar-refractivity contribution in [2.75, 3.05) is 17.7 Å². The van der Waals surface area contributed by atoms with Crippen LogP contribution in [0.3, 0.4) is 0 Å². The zero-order chi connectivity index (χ0) is 40.1. The third-order valence-corrected chi connectivity index (χ3v) is 10.5. The number of hydrogen-bond donors (Lipinski definition) is 3. The van der Waals surface area contributed by atoms with Gasteiger partial charge in [-0.1, -0.05) is 93.0 Å². The second kappa shape index (κ2) is 20.8. The number of hydrogen-bond acceptors (Lipinski definition) is 7. The SMILES string of the molecule is CCCCCc1ccc(OC(CC)C(=O)Nc2ccc(Cl)c(NC(=O)C(C(=O)c3ccc(OC)cc3)N3C(=O)N/C(=C(/Br)CC)C3=O)c2)c(CCCCC)c1. The van der Waals surface area contributed by atoms with Gasteiger partial charge in [0.25, 0.3) is 17.7 Å². The molecule has 0 aromatic heterocycles. The summed E-state index contributed by atoms with van der Waals surface area (Å²) in [6.07, 6.45) is 8.45. The van der Waals surface area contributed by atoms with E-state index in [1.807, 2.05) is 13.0 Å². The highest BCUT2D eigenvalue weighted by Gasteiger charge is 2.46. The van der Waals surface area contributed by atoms with Gasteiger partial charge in [0.05, 0.1) is 17.8 Å². The summed E-state index contributed by atoms with van der Waals surface area (Å²) in [4.78, 5) is 68.8. The molecule has 2 atom stereocenters. The first-order chi connectivity index (χ1) is 26.4. The number of Topliss-reactive ketones (excluding diaryl/α,β-unsaturated/α-hetero) is 1. The van der Waals surface area contributed by atoms with Crippen LogP contribution in [0.2, 0.25) is 5.02 Å². The summed E-state index contributed by atoms with van der Waals surface area (Å²) >= 11 is 9.80. The molecule has 0 bridgehead atoms. The minimum atomic E-state index is -1.91. The summed E-state index contributed by atoms with van der Waals surface area (Å²) in [6.45, 7) is 7.99. The van der Waals surface area contributed by atoms with Crippen molar-refractivity contribution < 1.29 is 33.4 Å². The molecule has 0 spiro atoms. The van der Waals surface area contributed by atoms with Crippen molar-refractivity contribution in [3.63, 3.8) is 0 Å². The van der Waals surface area contributed by atoms with Gasteiger partial charge in [-0.15, -0.1) is 0 Å². The Morgan fingerprint density at radius 1 is 0.855 bits per heavy atom. The zero-order valence-electron chi connectivity index (χ0n) is 32.1. The first-order valence-corrected chi connectivity index (χ1v) is 20.0. The third-order valence-electron chi connectivity index (χ3n) is 9.26. The number of benzene rings is 3. The van der Waals surface area contributed by atoms with Crippen LogP contribution >= 0.6 is 27.5 Å². The Balaban J connectivity index is 1.57. The van der Waals surface area contributed by atoms with E-state index in [1.165, 1.54) is 55.5 Å². The molecule has 2 unspecified atom stereocenters. The third kappa shape index (κ3) is 11.2. The monoisotopic (exact) mass is 836 g/mol. The Labute approximate surface area is 336 Å². The summed E-state index contributed by atoms with van der Waals surface area (Å²) in [5.41, 5.74) is 2.67. The number of ether oxygens (including phenoxy) is 2. The second-order valence-corrected chi connectivity index (χ2v) is 14.6. The molecule has 1 heterocycles. The van der Waals surface area contributed by atoms with Crippen LogP contribution in [0.25, 0.3) is 0 Å². The van der Waals surface area contributed by atoms with E-state index in [2.05, 4.69) is 57.9 Å². The number of ketones is 1. The molecule has 0 saturated carbocycles. The van der Waals surface area contributed by atoms with Gasteiger partial charge in [-0.25, -0.2) is 9.69 Å². The molecule has 3 aromatic carbocycles. The van der Waals surface area contributed by atoms with Crippen LogP contribution in [0.4, 0.5) is 16.2 Å². The lowest BCUT2D eigenvalue weighted by atomic mass is 10.00. The van der Waals surface area contributed by atoms with Crippen molar-refractivity contribution in [3.05, 3.63) is 92.6 Å². The lowest BCUT2D eigenvalue weighted by molar-refractivity contribution is -0.129. The van der Waals surface area contributed by atoms with E-state index < -0.39 is 41.7 Å². The van der Waals surface area contributed by atoms with Crippen LogP contribution in [0.5, 0.6) is 11.5 Å². The number of aryl methyl sites for hydroxylation is 2. The van der Waals surface area contributed by atoms with E-state index in [0.29, 0.717) is 39.4 Å². The van der Waals surface area contributed by atoms with Crippen LogP contribution in [0.15, 0.2) is 70.8 Å². The van der Waals surface area contributed by atoms with Gasteiger partial charge in [0.2, 0.25) is 0 Å². The number of nitrogens with one attached hydrogen (secondary N) is 3. The Bertz CT molecular complexity index is 1900. The molecule has 11 nitrogen and oxygen atoms in total. The van der Waals surface area contributed by atoms with Gasteiger partial charge < -0.3 is 25.4 Å². The predicted molar refractivity (Wildman–Crippen MR) is 219 cm³/mol. The highest BCUT2D eigenvalue weighted by molar-refractivity contribution is 9.11. The smallest absolute Gasteiger partial charge is 0.330 e. The standard InChI is InChI=1S/C42H50BrClN4O7/c1-6-10-12-14-26-16-23-35(28(24-26)15-13-11-7-2)55-34(9-4)39(50)45-29-19-22-32(44)33(25-29)46-40(51)37(38(49)27-17-20-30(54-5)21-18-27)48-41(52)36(31(43)8-3)47-42(48)53/h16-25,34,37H,6-15H2,1-5H3,(H,45,50)(H,46,51)(H,47,53)/b36-31+. The van der Waals surface area contributed by atoms with Gasteiger partial charge >= 0.3 is 6.03 Å². The van der Waals surface area contributed by atoms with E-state index in [1.54, 1.807) is 13.0 Å². The largest absolute Gasteiger partial charge is 0.497 e. The summed E-state index contributed by atoms with van der Waals surface area (Å²) < 4.78 is 11.9. The Kier molecular flexibility index (Phi) is 16.3. The number of methoxy groups -OCH3 is 1. The molecule has 1 fully saturated rings. The molecule has 5 amide bonds. The van der Waals surface area contributed by atoms with Gasteiger partial charge in [0.1, 0.15) is 17.2 Å².